The highest BCUT2D eigenvalue weighted by Gasteiger charge is 2.00. The van der Waals surface area contributed by atoms with Gasteiger partial charge in [-0.2, -0.15) is 0 Å². The molecule has 0 aliphatic carbocycles. The Bertz CT molecular complexity index is 300. The highest BCUT2D eigenvalue weighted by Crippen LogP contribution is 2.17. The summed E-state index contributed by atoms with van der Waals surface area (Å²) in [7, 11) is 0. The van der Waals surface area contributed by atoms with Gasteiger partial charge in [-0.1, -0.05) is 32.0 Å². The third-order valence-electron chi connectivity index (χ3n) is 2.27. The standard InChI is InChI=1S/C13H21NO2/c1-11(2)14-8-5-9-16-13-7-4-3-6-12(13)10-15/h3-4,6-7,11,14-15H,5,8-10H2,1-2H3. The van der Waals surface area contributed by atoms with Crippen molar-refractivity contribution < 1.29 is 9.84 Å². The summed E-state index contributed by atoms with van der Waals surface area (Å²) in [6.45, 7) is 5.92. The van der Waals surface area contributed by atoms with E-state index in [1.807, 2.05) is 24.3 Å². The van der Waals surface area contributed by atoms with Gasteiger partial charge in [-0.3, -0.25) is 0 Å². The number of hydrogen-bond donors (Lipinski definition) is 2. The van der Waals surface area contributed by atoms with Crippen molar-refractivity contribution in [3.63, 3.8) is 0 Å². The molecule has 3 nitrogen and oxygen atoms in total. The molecule has 1 rings (SSSR count). The lowest BCUT2D eigenvalue weighted by Crippen LogP contribution is -2.24. The van der Waals surface area contributed by atoms with Crippen molar-refractivity contribution in [1.82, 2.24) is 5.32 Å². The van der Waals surface area contributed by atoms with Gasteiger partial charge < -0.3 is 15.2 Å². The van der Waals surface area contributed by atoms with Gasteiger partial charge in [0, 0.05) is 11.6 Å². The third kappa shape index (κ3) is 4.64. The average Bonchev–Trinajstić information content (AvgIpc) is 2.29. The molecule has 1 aromatic carbocycles. The summed E-state index contributed by atoms with van der Waals surface area (Å²) in [6.07, 6.45) is 0.970. The van der Waals surface area contributed by atoms with E-state index in [1.54, 1.807) is 0 Å². The minimum absolute atomic E-state index is 0.0282. The van der Waals surface area contributed by atoms with Crippen molar-refractivity contribution in [3.8, 4) is 5.75 Å². The molecule has 0 amide bonds. The summed E-state index contributed by atoms with van der Waals surface area (Å²) in [6, 6.07) is 8.10. The molecule has 0 atom stereocenters. The van der Waals surface area contributed by atoms with E-state index in [9.17, 15) is 0 Å². The van der Waals surface area contributed by atoms with Crippen LogP contribution in [0, 0.1) is 0 Å². The van der Waals surface area contributed by atoms with E-state index in [2.05, 4.69) is 19.2 Å². The fraction of sp³-hybridized carbons (Fsp3) is 0.538. The second kappa shape index (κ2) is 7.25. The van der Waals surface area contributed by atoms with E-state index in [1.165, 1.54) is 0 Å². The maximum absolute atomic E-state index is 9.10. The molecule has 0 radical (unpaired) electrons. The Morgan fingerprint density at radius 1 is 1.31 bits per heavy atom. The molecule has 3 heteroatoms. The molecule has 90 valence electrons. The van der Waals surface area contributed by atoms with Crippen LogP contribution in [-0.4, -0.2) is 24.3 Å². The van der Waals surface area contributed by atoms with Crippen molar-refractivity contribution >= 4 is 0 Å². The van der Waals surface area contributed by atoms with Crippen molar-refractivity contribution in [3.05, 3.63) is 29.8 Å². The fourth-order valence-corrected chi connectivity index (χ4v) is 1.42. The molecule has 0 heterocycles. The van der Waals surface area contributed by atoms with E-state index in [4.69, 9.17) is 9.84 Å². The zero-order valence-corrected chi connectivity index (χ0v) is 10.1. The number of aliphatic hydroxyl groups excluding tert-OH is 1. The Morgan fingerprint density at radius 2 is 2.06 bits per heavy atom. The van der Waals surface area contributed by atoms with E-state index < -0.39 is 0 Å². The van der Waals surface area contributed by atoms with Gasteiger partial charge in [0.25, 0.3) is 0 Å². The molecule has 0 bridgehead atoms. The summed E-state index contributed by atoms with van der Waals surface area (Å²) >= 11 is 0. The van der Waals surface area contributed by atoms with E-state index in [0.29, 0.717) is 12.6 Å². The Kier molecular flexibility index (Phi) is 5.90. The molecule has 2 N–H and O–H groups in total. The maximum Gasteiger partial charge on any atom is 0.124 e. The van der Waals surface area contributed by atoms with Crippen molar-refractivity contribution in [2.24, 2.45) is 0 Å². The Balaban J connectivity index is 2.26. The second-order valence-corrected chi connectivity index (χ2v) is 4.08. The first-order valence-corrected chi connectivity index (χ1v) is 5.79. The highest BCUT2D eigenvalue weighted by atomic mass is 16.5. The smallest absolute Gasteiger partial charge is 0.124 e. The molecule has 0 aromatic heterocycles. The molecule has 1 aromatic rings. The second-order valence-electron chi connectivity index (χ2n) is 4.08. The minimum atomic E-state index is 0.0282. The predicted octanol–water partition coefficient (Wildman–Crippen LogP) is 1.95. The lowest BCUT2D eigenvalue weighted by atomic mass is 10.2. The van der Waals surface area contributed by atoms with Crippen LogP contribution in [0.2, 0.25) is 0 Å². The average molecular weight is 223 g/mol. The molecule has 0 saturated heterocycles. The zero-order valence-electron chi connectivity index (χ0n) is 10.1. The maximum atomic E-state index is 9.10. The van der Waals surface area contributed by atoms with Gasteiger partial charge in [0.05, 0.1) is 13.2 Å². The molecular formula is C13H21NO2. The zero-order chi connectivity index (χ0) is 11.8. The number of hydrogen-bond acceptors (Lipinski definition) is 3. The molecule has 16 heavy (non-hydrogen) atoms. The largest absolute Gasteiger partial charge is 0.493 e. The van der Waals surface area contributed by atoms with Gasteiger partial charge >= 0.3 is 0 Å². The van der Waals surface area contributed by atoms with Crippen molar-refractivity contribution in [1.29, 1.82) is 0 Å². The van der Waals surface area contributed by atoms with Gasteiger partial charge in [-0.05, 0) is 19.0 Å². The quantitative estimate of drug-likeness (QED) is 0.694. The highest BCUT2D eigenvalue weighted by molar-refractivity contribution is 5.32. The normalized spacial score (nSPS) is 10.8. The van der Waals surface area contributed by atoms with Crippen LogP contribution < -0.4 is 10.1 Å². The van der Waals surface area contributed by atoms with Crippen molar-refractivity contribution in [2.45, 2.75) is 32.9 Å². The number of para-hydroxylation sites is 1. The Labute approximate surface area is 97.4 Å². The monoisotopic (exact) mass is 223 g/mol. The van der Waals surface area contributed by atoms with E-state index >= 15 is 0 Å². The van der Waals surface area contributed by atoms with Gasteiger partial charge in [0.15, 0.2) is 0 Å². The summed E-state index contributed by atoms with van der Waals surface area (Å²) in [5, 5.41) is 12.4. The topological polar surface area (TPSA) is 41.5 Å². The number of nitrogens with one attached hydrogen (secondary N) is 1. The molecule has 0 unspecified atom stereocenters. The fourth-order valence-electron chi connectivity index (χ4n) is 1.42. The first-order valence-electron chi connectivity index (χ1n) is 5.79. The van der Waals surface area contributed by atoms with Crippen LogP contribution in [0.3, 0.4) is 0 Å². The van der Waals surface area contributed by atoms with Crippen LogP contribution in [0.4, 0.5) is 0 Å². The number of benzene rings is 1. The minimum Gasteiger partial charge on any atom is -0.493 e. The van der Waals surface area contributed by atoms with Gasteiger partial charge in [-0.25, -0.2) is 0 Å². The van der Waals surface area contributed by atoms with Crippen LogP contribution in [0.25, 0.3) is 0 Å². The summed E-state index contributed by atoms with van der Waals surface area (Å²) in [5.74, 6) is 0.787. The molecule has 0 saturated carbocycles. The van der Waals surface area contributed by atoms with Crippen molar-refractivity contribution in [2.75, 3.05) is 13.2 Å². The lowest BCUT2D eigenvalue weighted by Gasteiger charge is -2.11. The summed E-state index contributed by atoms with van der Waals surface area (Å²) in [5.41, 5.74) is 0.847. The first-order chi connectivity index (χ1) is 7.74. The number of rotatable bonds is 7. The van der Waals surface area contributed by atoms with Crippen LogP contribution in [0.15, 0.2) is 24.3 Å². The molecular weight excluding hydrogens is 202 g/mol. The summed E-state index contributed by atoms with van der Waals surface area (Å²) < 4.78 is 5.61. The van der Waals surface area contributed by atoms with Gasteiger partial charge in [0.1, 0.15) is 5.75 Å². The van der Waals surface area contributed by atoms with E-state index in [0.717, 1.165) is 24.3 Å². The van der Waals surface area contributed by atoms with Crippen LogP contribution in [0.1, 0.15) is 25.8 Å². The molecule has 0 aliphatic heterocycles. The third-order valence-corrected chi connectivity index (χ3v) is 2.27. The van der Waals surface area contributed by atoms with Crippen LogP contribution in [-0.2, 0) is 6.61 Å². The molecule has 0 spiro atoms. The Hall–Kier alpha value is -1.06. The first kappa shape index (κ1) is 13.0. The molecule has 0 fully saturated rings. The van der Waals surface area contributed by atoms with Gasteiger partial charge in [-0.15, -0.1) is 0 Å². The SMILES string of the molecule is CC(C)NCCCOc1ccccc1CO. The predicted molar refractivity (Wildman–Crippen MR) is 65.6 cm³/mol. The van der Waals surface area contributed by atoms with Gasteiger partial charge in [0.2, 0.25) is 0 Å². The lowest BCUT2D eigenvalue weighted by molar-refractivity contribution is 0.260. The van der Waals surface area contributed by atoms with Crippen LogP contribution in [0.5, 0.6) is 5.75 Å². The Morgan fingerprint density at radius 3 is 2.75 bits per heavy atom. The summed E-state index contributed by atoms with van der Waals surface area (Å²) in [4.78, 5) is 0. The van der Waals surface area contributed by atoms with E-state index in [-0.39, 0.29) is 6.61 Å². The van der Waals surface area contributed by atoms with Crippen LogP contribution >= 0.6 is 0 Å². The number of ether oxygens (including phenoxy) is 1. The molecule has 0 aliphatic rings. The number of aliphatic hydroxyl groups is 1.